The number of thioether (sulfide) groups is 1. The molecule has 0 aliphatic heterocycles. The standard InChI is InChI=1S/C62H54S/c1-3-5-19-45-32-38-55-59(43-45)61(52-33-28-46(29-34-52)41-57(48-20-11-7-12-21-48)49-22-13-8-14-23-49)56-39-37-54(63-40-6-4-2)44-60(56)62(55)53-35-30-47(31-36-53)42-58(50-24-15-9-16-25-50)51-26-17-10-18-27-51/h7-18,20-39,41-44H,3-6,19,40H2,1-2H3. The predicted octanol–water partition coefficient (Wildman–Crippen LogP) is 17.7. The fourth-order valence-electron chi connectivity index (χ4n) is 8.80. The Balaban J connectivity index is 1.21. The number of benzene rings is 9. The maximum absolute atomic E-state index is 2.49. The highest BCUT2D eigenvalue weighted by molar-refractivity contribution is 7.99. The summed E-state index contributed by atoms with van der Waals surface area (Å²) in [6, 6.07) is 76.0. The maximum atomic E-state index is 2.49. The maximum Gasteiger partial charge on any atom is 0.00785 e. The van der Waals surface area contributed by atoms with Crippen molar-refractivity contribution < 1.29 is 0 Å². The van der Waals surface area contributed by atoms with E-state index >= 15 is 0 Å². The minimum atomic E-state index is 1.07. The van der Waals surface area contributed by atoms with E-state index < -0.39 is 0 Å². The van der Waals surface area contributed by atoms with Crippen LogP contribution in [-0.2, 0) is 6.42 Å². The van der Waals surface area contributed by atoms with Crippen molar-refractivity contribution >= 4 is 56.6 Å². The van der Waals surface area contributed by atoms with Crippen LogP contribution in [0.4, 0.5) is 0 Å². The first-order valence-electron chi connectivity index (χ1n) is 22.7. The summed E-state index contributed by atoms with van der Waals surface area (Å²) >= 11 is 1.98. The molecule has 0 unspecified atom stereocenters. The van der Waals surface area contributed by atoms with Crippen molar-refractivity contribution in [1.82, 2.24) is 0 Å². The molecule has 0 radical (unpaired) electrons. The summed E-state index contributed by atoms with van der Waals surface area (Å²) in [7, 11) is 0. The van der Waals surface area contributed by atoms with Crippen LogP contribution in [0.25, 0.3) is 67.1 Å². The molecule has 308 valence electrons. The van der Waals surface area contributed by atoms with Crippen molar-refractivity contribution in [2.24, 2.45) is 0 Å². The van der Waals surface area contributed by atoms with E-state index in [-0.39, 0.29) is 0 Å². The largest absolute Gasteiger partial charge is 0.126 e. The molecule has 9 aromatic carbocycles. The molecule has 0 fully saturated rings. The first-order valence-corrected chi connectivity index (χ1v) is 23.7. The van der Waals surface area contributed by atoms with E-state index in [2.05, 4.69) is 232 Å². The third-order valence-corrected chi connectivity index (χ3v) is 13.2. The molecular formula is C62H54S. The Morgan fingerprint density at radius 3 is 1.24 bits per heavy atom. The molecule has 0 atom stereocenters. The van der Waals surface area contributed by atoms with E-state index in [1.165, 1.54) is 124 Å². The number of unbranched alkanes of at least 4 members (excludes halogenated alkanes) is 2. The molecule has 0 saturated carbocycles. The second-order valence-corrected chi connectivity index (χ2v) is 17.6. The molecule has 0 aliphatic carbocycles. The fraction of sp³-hybridized carbons (Fsp3) is 0.129. The normalized spacial score (nSPS) is 11.1. The number of hydrogen-bond donors (Lipinski definition) is 0. The lowest BCUT2D eigenvalue weighted by Gasteiger charge is -2.20. The molecular weight excluding hydrogens is 777 g/mol. The van der Waals surface area contributed by atoms with Gasteiger partial charge >= 0.3 is 0 Å². The van der Waals surface area contributed by atoms with Gasteiger partial charge in [-0.15, -0.1) is 11.8 Å². The van der Waals surface area contributed by atoms with Crippen molar-refractivity contribution in [3.63, 3.8) is 0 Å². The van der Waals surface area contributed by atoms with Crippen LogP contribution in [0.15, 0.2) is 211 Å². The first-order chi connectivity index (χ1) is 31.2. The molecule has 0 saturated heterocycles. The van der Waals surface area contributed by atoms with Gasteiger partial charge in [-0.25, -0.2) is 0 Å². The number of rotatable bonds is 15. The van der Waals surface area contributed by atoms with Gasteiger partial charge in [-0.3, -0.25) is 0 Å². The molecule has 0 bridgehead atoms. The van der Waals surface area contributed by atoms with Gasteiger partial charge in [-0.1, -0.05) is 221 Å². The SMILES string of the molecule is CCCCSc1ccc2c(-c3ccc(C=C(c4ccccc4)c4ccccc4)cc3)c3cc(CCCC)ccc3c(-c3ccc(C=C(c4ccccc4)c4ccccc4)cc3)c2c1. The Kier molecular flexibility index (Phi) is 13.2. The monoisotopic (exact) mass is 830 g/mol. The minimum absolute atomic E-state index is 1.07. The summed E-state index contributed by atoms with van der Waals surface area (Å²) in [5.74, 6) is 1.12. The van der Waals surface area contributed by atoms with Crippen LogP contribution in [0, 0.1) is 0 Å². The summed E-state index contributed by atoms with van der Waals surface area (Å²) in [6.45, 7) is 4.56. The molecule has 9 aromatic rings. The van der Waals surface area contributed by atoms with Crippen LogP contribution in [0.5, 0.6) is 0 Å². The van der Waals surface area contributed by atoms with Crippen LogP contribution >= 0.6 is 11.8 Å². The second-order valence-electron chi connectivity index (χ2n) is 16.5. The molecule has 0 heterocycles. The highest BCUT2D eigenvalue weighted by Gasteiger charge is 2.19. The fourth-order valence-corrected chi connectivity index (χ4v) is 9.83. The zero-order valence-electron chi connectivity index (χ0n) is 36.4. The van der Waals surface area contributed by atoms with Gasteiger partial charge in [0.25, 0.3) is 0 Å². The summed E-state index contributed by atoms with van der Waals surface area (Å²) in [6.07, 6.45) is 10.5. The van der Waals surface area contributed by atoms with Gasteiger partial charge in [0, 0.05) is 4.90 Å². The van der Waals surface area contributed by atoms with E-state index in [4.69, 9.17) is 0 Å². The Morgan fingerprint density at radius 1 is 0.397 bits per heavy atom. The van der Waals surface area contributed by atoms with Crippen LogP contribution in [0.2, 0.25) is 0 Å². The molecule has 9 rings (SSSR count). The number of aryl methyl sites for hydroxylation is 1. The predicted molar refractivity (Wildman–Crippen MR) is 276 cm³/mol. The quantitative estimate of drug-likeness (QED) is 0.0429. The van der Waals surface area contributed by atoms with Gasteiger partial charge in [-0.05, 0) is 143 Å². The van der Waals surface area contributed by atoms with E-state index in [0.717, 1.165) is 12.2 Å². The molecule has 0 nitrogen and oxygen atoms in total. The topological polar surface area (TPSA) is 0 Å². The average Bonchev–Trinajstić information content (AvgIpc) is 3.35. The first kappa shape index (κ1) is 41.7. The van der Waals surface area contributed by atoms with Gasteiger partial charge in [0.2, 0.25) is 0 Å². The lowest BCUT2D eigenvalue weighted by molar-refractivity contribution is 0.796. The third-order valence-electron chi connectivity index (χ3n) is 12.1. The van der Waals surface area contributed by atoms with Crippen LogP contribution in [0.1, 0.15) is 78.5 Å². The third kappa shape index (κ3) is 9.56. The van der Waals surface area contributed by atoms with E-state index in [1.54, 1.807) is 0 Å². The highest BCUT2D eigenvalue weighted by atomic mass is 32.2. The highest BCUT2D eigenvalue weighted by Crippen LogP contribution is 2.45. The van der Waals surface area contributed by atoms with Gasteiger partial charge in [0.05, 0.1) is 0 Å². The van der Waals surface area contributed by atoms with Gasteiger partial charge < -0.3 is 0 Å². The van der Waals surface area contributed by atoms with Crippen molar-refractivity contribution in [3.05, 3.63) is 245 Å². The minimum Gasteiger partial charge on any atom is -0.126 e. The molecule has 0 N–H and O–H groups in total. The molecule has 0 amide bonds. The number of hydrogen-bond acceptors (Lipinski definition) is 1. The van der Waals surface area contributed by atoms with E-state index in [1.807, 2.05) is 11.8 Å². The smallest absolute Gasteiger partial charge is 0.00785 e. The van der Waals surface area contributed by atoms with Gasteiger partial charge in [-0.2, -0.15) is 0 Å². The van der Waals surface area contributed by atoms with Crippen LogP contribution < -0.4 is 0 Å². The zero-order valence-corrected chi connectivity index (χ0v) is 37.3. The van der Waals surface area contributed by atoms with Crippen molar-refractivity contribution in [3.8, 4) is 22.3 Å². The van der Waals surface area contributed by atoms with E-state index in [9.17, 15) is 0 Å². The lowest BCUT2D eigenvalue weighted by atomic mass is 9.84. The lowest BCUT2D eigenvalue weighted by Crippen LogP contribution is -1.94. The van der Waals surface area contributed by atoms with Crippen molar-refractivity contribution in [1.29, 1.82) is 0 Å². The Morgan fingerprint density at radius 2 is 0.810 bits per heavy atom. The second kappa shape index (κ2) is 20.0. The van der Waals surface area contributed by atoms with E-state index in [0.29, 0.717) is 0 Å². The van der Waals surface area contributed by atoms with Gasteiger partial charge in [0.15, 0.2) is 0 Å². The Labute approximate surface area is 378 Å². The molecule has 0 aliphatic rings. The molecule has 0 aromatic heterocycles. The molecule has 0 spiro atoms. The summed E-state index contributed by atoms with van der Waals surface area (Å²) < 4.78 is 0. The Bertz CT molecular complexity index is 2900. The van der Waals surface area contributed by atoms with Crippen LogP contribution in [0.3, 0.4) is 0 Å². The summed E-state index contributed by atoms with van der Waals surface area (Å²) in [5.41, 5.74) is 16.1. The summed E-state index contributed by atoms with van der Waals surface area (Å²) in [4.78, 5) is 1.33. The number of fused-ring (bicyclic) bond motifs is 2. The van der Waals surface area contributed by atoms with Crippen LogP contribution in [-0.4, -0.2) is 5.75 Å². The van der Waals surface area contributed by atoms with Crippen molar-refractivity contribution in [2.45, 2.75) is 50.8 Å². The Hall–Kier alpha value is -6.67. The van der Waals surface area contributed by atoms with Gasteiger partial charge in [0.1, 0.15) is 0 Å². The summed E-state index contributed by atoms with van der Waals surface area (Å²) in [5, 5.41) is 5.21. The van der Waals surface area contributed by atoms with Crippen molar-refractivity contribution in [2.75, 3.05) is 5.75 Å². The molecule has 63 heavy (non-hydrogen) atoms. The average molecular weight is 831 g/mol. The zero-order chi connectivity index (χ0) is 42.8. The molecule has 1 heteroatoms.